The van der Waals surface area contributed by atoms with Crippen LogP contribution in [0.5, 0.6) is 0 Å². The minimum atomic E-state index is -3.80. The molecule has 0 bridgehead atoms. The van der Waals surface area contributed by atoms with Crippen LogP contribution in [0.15, 0.2) is 95.9 Å². The Bertz CT molecular complexity index is 1560. The monoisotopic (exact) mass is 426 g/mol. The molecule has 0 radical (unpaired) electrons. The number of fused-ring (bicyclic) bond motifs is 3. The molecule has 0 fully saturated rings. The van der Waals surface area contributed by atoms with Gasteiger partial charge < -0.3 is 4.90 Å². The number of anilines is 2. The molecule has 1 N–H and O–H groups in total. The van der Waals surface area contributed by atoms with Gasteiger partial charge in [0.1, 0.15) is 0 Å². The van der Waals surface area contributed by atoms with Gasteiger partial charge in [0.15, 0.2) is 0 Å². The predicted molar refractivity (Wildman–Crippen MR) is 131 cm³/mol. The molecule has 5 aromatic carbocycles. The lowest BCUT2D eigenvalue weighted by atomic mass is 10.0. The van der Waals surface area contributed by atoms with Crippen LogP contribution in [0.1, 0.15) is 0 Å². The Morgan fingerprint density at radius 2 is 1.29 bits per heavy atom. The normalized spacial score (nSPS) is 11.8. The Morgan fingerprint density at radius 1 is 0.645 bits per heavy atom. The third-order valence-electron chi connectivity index (χ3n) is 5.62. The molecule has 154 valence electrons. The molecule has 4 nitrogen and oxygen atoms in total. The van der Waals surface area contributed by atoms with Crippen LogP contribution in [-0.4, -0.2) is 22.5 Å². The third-order valence-corrected chi connectivity index (χ3v) is 7.05. The van der Waals surface area contributed by atoms with Crippen molar-refractivity contribution in [3.05, 3.63) is 91.0 Å². The van der Waals surface area contributed by atoms with Gasteiger partial charge in [0.25, 0.3) is 10.0 Å². The fraction of sp³-hybridized carbons (Fsp3) is 0.0769. The molecule has 5 rings (SSSR count). The molecule has 0 heterocycles. The first-order valence-corrected chi connectivity index (χ1v) is 11.6. The van der Waals surface area contributed by atoms with Crippen LogP contribution in [0.4, 0.5) is 11.4 Å². The molecule has 5 aromatic rings. The Labute approximate surface area is 181 Å². The Kier molecular flexibility index (Phi) is 4.56. The van der Waals surface area contributed by atoms with Gasteiger partial charge in [-0.15, -0.1) is 0 Å². The van der Waals surface area contributed by atoms with Crippen molar-refractivity contribution in [3.8, 4) is 0 Å². The van der Waals surface area contributed by atoms with Crippen molar-refractivity contribution in [2.75, 3.05) is 23.7 Å². The zero-order valence-corrected chi connectivity index (χ0v) is 18.1. The number of sulfonamides is 1. The molecule has 0 atom stereocenters. The standard InChI is InChI=1S/C26H22N2O2S/c1-28(2)25-14-6-12-22-21(25)11-7-15-26(22)31(29,30)27-24-13-5-10-20-16-18-8-3-4-9-19(18)17-23(20)24/h3-17,27H,1-2H3. The average molecular weight is 427 g/mol. The molecule has 0 aliphatic carbocycles. The topological polar surface area (TPSA) is 49.4 Å². The maximum absolute atomic E-state index is 13.5. The maximum Gasteiger partial charge on any atom is 0.262 e. The number of nitrogens with zero attached hydrogens (tertiary/aromatic N) is 1. The number of hydrogen-bond donors (Lipinski definition) is 1. The zero-order valence-electron chi connectivity index (χ0n) is 17.3. The minimum Gasteiger partial charge on any atom is -0.377 e. The van der Waals surface area contributed by atoms with Gasteiger partial charge in [-0.3, -0.25) is 4.72 Å². The van der Waals surface area contributed by atoms with E-state index in [0.717, 1.165) is 32.6 Å². The highest BCUT2D eigenvalue weighted by atomic mass is 32.2. The molecule has 0 saturated carbocycles. The molecule has 0 aliphatic heterocycles. The van der Waals surface area contributed by atoms with Gasteiger partial charge in [0.2, 0.25) is 0 Å². The summed E-state index contributed by atoms with van der Waals surface area (Å²) in [5.41, 5.74) is 1.55. The summed E-state index contributed by atoms with van der Waals surface area (Å²) < 4.78 is 29.8. The molecular weight excluding hydrogens is 404 g/mol. The molecular formula is C26H22N2O2S. The van der Waals surface area contributed by atoms with Gasteiger partial charge in [-0.25, -0.2) is 8.42 Å². The van der Waals surface area contributed by atoms with E-state index in [1.807, 2.05) is 85.7 Å². The van der Waals surface area contributed by atoms with Crippen molar-refractivity contribution < 1.29 is 8.42 Å². The van der Waals surface area contributed by atoms with Crippen LogP contribution >= 0.6 is 0 Å². The van der Waals surface area contributed by atoms with Gasteiger partial charge >= 0.3 is 0 Å². The van der Waals surface area contributed by atoms with E-state index in [1.165, 1.54) is 0 Å². The van der Waals surface area contributed by atoms with E-state index in [9.17, 15) is 8.42 Å². The van der Waals surface area contributed by atoms with E-state index in [-0.39, 0.29) is 4.90 Å². The highest BCUT2D eigenvalue weighted by molar-refractivity contribution is 7.93. The van der Waals surface area contributed by atoms with Crippen molar-refractivity contribution in [3.63, 3.8) is 0 Å². The summed E-state index contributed by atoms with van der Waals surface area (Å²) in [5.74, 6) is 0. The van der Waals surface area contributed by atoms with Gasteiger partial charge in [-0.05, 0) is 46.5 Å². The second-order valence-corrected chi connectivity index (χ2v) is 9.51. The first-order chi connectivity index (χ1) is 14.9. The molecule has 31 heavy (non-hydrogen) atoms. The summed E-state index contributed by atoms with van der Waals surface area (Å²) in [6.07, 6.45) is 0. The lowest BCUT2D eigenvalue weighted by Crippen LogP contribution is -2.14. The minimum absolute atomic E-state index is 0.270. The lowest BCUT2D eigenvalue weighted by Gasteiger charge is -2.17. The predicted octanol–water partition coefficient (Wildman–Crippen LogP) is 6.01. The fourth-order valence-corrected chi connectivity index (χ4v) is 5.45. The van der Waals surface area contributed by atoms with Gasteiger partial charge in [0.05, 0.1) is 10.6 Å². The number of rotatable bonds is 4. The van der Waals surface area contributed by atoms with Crippen LogP contribution < -0.4 is 9.62 Å². The van der Waals surface area contributed by atoms with E-state index >= 15 is 0 Å². The molecule has 0 aromatic heterocycles. The number of benzene rings is 5. The molecule has 0 unspecified atom stereocenters. The van der Waals surface area contributed by atoms with E-state index in [0.29, 0.717) is 11.1 Å². The summed E-state index contributed by atoms with van der Waals surface area (Å²) >= 11 is 0. The van der Waals surface area contributed by atoms with Crippen LogP contribution in [0.2, 0.25) is 0 Å². The van der Waals surface area contributed by atoms with Crippen molar-refractivity contribution >= 4 is 53.7 Å². The van der Waals surface area contributed by atoms with Gasteiger partial charge in [-0.1, -0.05) is 60.7 Å². The van der Waals surface area contributed by atoms with Gasteiger partial charge in [-0.2, -0.15) is 0 Å². The summed E-state index contributed by atoms with van der Waals surface area (Å²) in [7, 11) is 0.110. The highest BCUT2D eigenvalue weighted by Crippen LogP contribution is 2.33. The molecule has 0 spiro atoms. The SMILES string of the molecule is CN(C)c1cccc2c(S(=O)(=O)Nc3cccc4cc5ccccc5cc34)cccc12. The Hall–Kier alpha value is -3.57. The van der Waals surface area contributed by atoms with Crippen LogP contribution in [-0.2, 0) is 10.0 Å². The largest absolute Gasteiger partial charge is 0.377 e. The second-order valence-electron chi connectivity index (χ2n) is 7.85. The molecule has 0 amide bonds. The zero-order chi connectivity index (χ0) is 21.6. The first kappa shape index (κ1) is 19.4. The van der Waals surface area contributed by atoms with Crippen LogP contribution in [0, 0.1) is 0 Å². The summed E-state index contributed by atoms with van der Waals surface area (Å²) in [6, 6.07) is 29.0. The van der Waals surface area contributed by atoms with Crippen LogP contribution in [0.25, 0.3) is 32.3 Å². The fourth-order valence-electron chi connectivity index (χ4n) is 4.14. The van der Waals surface area contributed by atoms with Crippen molar-refractivity contribution in [2.24, 2.45) is 0 Å². The van der Waals surface area contributed by atoms with Gasteiger partial charge in [0, 0.05) is 35.9 Å². The average Bonchev–Trinajstić information content (AvgIpc) is 2.77. The Morgan fingerprint density at radius 3 is 2.06 bits per heavy atom. The lowest BCUT2D eigenvalue weighted by molar-refractivity contribution is 0.602. The summed E-state index contributed by atoms with van der Waals surface area (Å²) in [6.45, 7) is 0. The third kappa shape index (κ3) is 3.37. The van der Waals surface area contributed by atoms with E-state index in [1.54, 1.807) is 12.1 Å². The second kappa shape index (κ2) is 7.29. The number of nitrogens with one attached hydrogen (secondary N) is 1. The maximum atomic E-state index is 13.5. The smallest absolute Gasteiger partial charge is 0.262 e. The highest BCUT2D eigenvalue weighted by Gasteiger charge is 2.19. The van der Waals surface area contributed by atoms with E-state index < -0.39 is 10.0 Å². The molecule has 5 heteroatoms. The van der Waals surface area contributed by atoms with E-state index in [4.69, 9.17) is 0 Å². The summed E-state index contributed by atoms with van der Waals surface area (Å²) in [4.78, 5) is 2.26. The van der Waals surface area contributed by atoms with E-state index in [2.05, 4.69) is 16.9 Å². The van der Waals surface area contributed by atoms with Crippen molar-refractivity contribution in [2.45, 2.75) is 4.90 Å². The van der Waals surface area contributed by atoms with Crippen LogP contribution in [0.3, 0.4) is 0 Å². The van der Waals surface area contributed by atoms with Crippen molar-refractivity contribution in [1.82, 2.24) is 0 Å². The first-order valence-electron chi connectivity index (χ1n) is 10.1. The Balaban J connectivity index is 1.66. The van der Waals surface area contributed by atoms with Crippen molar-refractivity contribution in [1.29, 1.82) is 0 Å². The number of hydrogen-bond acceptors (Lipinski definition) is 3. The quantitative estimate of drug-likeness (QED) is 0.358. The molecule has 0 saturated heterocycles. The molecule has 0 aliphatic rings. The summed E-state index contributed by atoms with van der Waals surface area (Å²) in [5, 5.41) is 5.67.